The van der Waals surface area contributed by atoms with Gasteiger partial charge in [0.05, 0.1) is 0 Å². The van der Waals surface area contributed by atoms with Crippen molar-refractivity contribution in [2.24, 2.45) is 11.8 Å². The summed E-state index contributed by atoms with van der Waals surface area (Å²) in [6.07, 6.45) is 1.13. The van der Waals surface area contributed by atoms with Crippen LogP contribution >= 0.6 is 0 Å². The van der Waals surface area contributed by atoms with Crippen molar-refractivity contribution >= 4 is 11.9 Å². The molecule has 1 amide bonds. The SMILES string of the molecule is CC1CC(C)C(C)N(C(=O)COCC(=O)O)C1. The number of rotatable bonds is 4. The lowest BCUT2D eigenvalue weighted by Crippen LogP contribution is -2.50. The second kappa shape index (κ2) is 6.00. The topological polar surface area (TPSA) is 66.8 Å². The van der Waals surface area contributed by atoms with Gasteiger partial charge in [-0.25, -0.2) is 4.79 Å². The van der Waals surface area contributed by atoms with Crippen LogP contribution in [0.2, 0.25) is 0 Å². The highest BCUT2D eigenvalue weighted by Gasteiger charge is 2.31. The molecule has 0 radical (unpaired) electrons. The number of carboxylic acid groups (broad SMARTS) is 1. The first-order chi connectivity index (χ1) is 7.91. The van der Waals surface area contributed by atoms with E-state index >= 15 is 0 Å². The van der Waals surface area contributed by atoms with E-state index in [0.29, 0.717) is 11.8 Å². The van der Waals surface area contributed by atoms with Gasteiger partial charge in [-0.2, -0.15) is 0 Å². The lowest BCUT2D eigenvalue weighted by Gasteiger charge is -2.41. The molecule has 1 aliphatic rings. The Balaban J connectivity index is 2.46. The molecule has 5 heteroatoms. The third-order valence-corrected chi connectivity index (χ3v) is 3.37. The Labute approximate surface area is 102 Å². The molecule has 0 bridgehead atoms. The van der Waals surface area contributed by atoms with Crippen LogP contribution in [-0.2, 0) is 14.3 Å². The third kappa shape index (κ3) is 4.00. The van der Waals surface area contributed by atoms with Crippen molar-refractivity contribution in [3.8, 4) is 0 Å². The first-order valence-corrected chi connectivity index (χ1v) is 6.00. The number of amides is 1. The summed E-state index contributed by atoms with van der Waals surface area (Å²) in [5, 5.41) is 8.42. The van der Waals surface area contributed by atoms with Gasteiger partial charge in [0.15, 0.2) is 0 Å². The molecule has 0 spiro atoms. The average molecular weight is 243 g/mol. The van der Waals surface area contributed by atoms with Crippen LogP contribution in [0.25, 0.3) is 0 Å². The number of nitrogens with zero attached hydrogens (tertiary/aromatic N) is 1. The smallest absolute Gasteiger partial charge is 0.329 e. The minimum atomic E-state index is -1.05. The number of ether oxygens (including phenoxy) is 1. The van der Waals surface area contributed by atoms with Gasteiger partial charge in [0, 0.05) is 12.6 Å². The van der Waals surface area contributed by atoms with E-state index in [4.69, 9.17) is 9.84 Å². The van der Waals surface area contributed by atoms with Crippen molar-refractivity contribution < 1.29 is 19.4 Å². The Bertz CT molecular complexity index is 292. The molecule has 1 fully saturated rings. The highest BCUT2D eigenvalue weighted by Crippen LogP contribution is 2.26. The number of hydrogen-bond donors (Lipinski definition) is 1. The van der Waals surface area contributed by atoms with Gasteiger partial charge in [-0.15, -0.1) is 0 Å². The van der Waals surface area contributed by atoms with Gasteiger partial charge in [0.2, 0.25) is 5.91 Å². The Morgan fingerprint density at radius 2 is 1.94 bits per heavy atom. The molecule has 17 heavy (non-hydrogen) atoms. The molecular formula is C12H21NO4. The van der Waals surface area contributed by atoms with Gasteiger partial charge in [-0.05, 0) is 25.2 Å². The summed E-state index contributed by atoms with van der Waals surface area (Å²) in [7, 11) is 0. The summed E-state index contributed by atoms with van der Waals surface area (Å²) >= 11 is 0. The molecular weight excluding hydrogens is 222 g/mol. The van der Waals surface area contributed by atoms with Crippen LogP contribution in [0.15, 0.2) is 0 Å². The van der Waals surface area contributed by atoms with Crippen LogP contribution in [0.3, 0.4) is 0 Å². The Hall–Kier alpha value is -1.10. The molecule has 5 nitrogen and oxygen atoms in total. The third-order valence-electron chi connectivity index (χ3n) is 3.37. The van der Waals surface area contributed by atoms with E-state index in [1.165, 1.54) is 0 Å². The van der Waals surface area contributed by atoms with E-state index in [9.17, 15) is 9.59 Å². The Morgan fingerprint density at radius 3 is 2.53 bits per heavy atom. The van der Waals surface area contributed by atoms with E-state index in [0.717, 1.165) is 13.0 Å². The molecule has 1 saturated heterocycles. The fraction of sp³-hybridized carbons (Fsp3) is 0.833. The number of carboxylic acids is 1. The number of hydrogen-bond acceptors (Lipinski definition) is 3. The van der Waals surface area contributed by atoms with Crippen molar-refractivity contribution in [1.29, 1.82) is 0 Å². The Kier molecular flexibility index (Phi) is 4.93. The van der Waals surface area contributed by atoms with E-state index in [1.54, 1.807) is 4.90 Å². The number of carbonyl (C=O) groups is 2. The van der Waals surface area contributed by atoms with E-state index < -0.39 is 12.6 Å². The zero-order valence-electron chi connectivity index (χ0n) is 10.7. The zero-order chi connectivity index (χ0) is 13.0. The lowest BCUT2D eigenvalue weighted by molar-refractivity contribution is -0.148. The second-order valence-electron chi connectivity index (χ2n) is 4.99. The highest BCUT2D eigenvalue weighted by molar-refractivity contribution is 5.78. The van der Waals surface area contributed by atoms with Crippen LogP contribution in [0.5, 0.6) is 0 Å². The van der Waals surface area contributed by atoms with E-state index in [-0.39, 0.29) is 18.6 Å². The van der Waals surface area contributed by atoms with Crippen LogP contribution in [0.4, 0.5) is 0 Å². The fourth-order valence-electron chi connectivity index (χ4n) is 2.35. The van der Waals surface area contributed by atoms with Crippen LogP contribution in [-0.4, -0.2) is 47.7 Å². The number of aliphatic carboxylic acids is 1. The maximum absolute atomic E-state index is 11.9. The number of carbonyl (C=O) groups excluding carboxylic acids is 1. The summed E-state index contributed by atoms with van der Waals surface area (Å²) < 4.78 is 4.84. The van der Waals surface area contributed by atoms with Gasteiger partial charge in [0.25, 0.3) is 0 Å². The van der Waals surface area contributed by atoms with Gasteiger partial charge >= 0.3 is 5.97 Å². The first kappa shape index (κ1) is 14.0. The largest absolute Gasteiger partial charge is 0.480 e. The molecule has 98 valence electrons. The molecule has 3 unspecified atom stereocenters. The molecule has 0 saturated carbocycles. The van der Waals surface area contributed by atoms with E-state index in [1.807, 2.05) is 6.92 Å². The summed E-state index contributed by atoms with van der Waals surface area (Å²) in [4.78, 5) is 24.0. The fourth-order valence-corrected chi connectivity index (χ4v) is 2.35. The van der Waals surface area contributed by atoms with Gasteiger partial charge < -0.3 is 14.7 Å². The second-order valence-corrected chi connectivity index (χ2v) is 4.99. The number of piperidine rings is 1. The van der Waals surface area contributed by atoms with E-state index in [2.05, 4.69) is 13.8 Å². The molecule has 0 aliphatic carbocycles. The molecule has 1 aliphatic heterocycles. The monoisotopic (exact) mass is 243 g/mol. The predicted molar refractivity (Wildman–Crippen MR) is 62.6 cm³/mol. The number of likely N-dealkylation sites (tertiary alicyclic amines) is 1. The van der Waals surface area contributed by atoms with Crippen molar-refractivity contribution in [2.75, 3.05) is 19.8 Å². The summed E-state index contributed by atoms with van der Waals surface area (Å²) in [5.74, 6) is -0.199. The molecule has 0 aromatic carbocycles. The first-order valence-electron chi connectivity index (χ1n) is 6.00. The summed E-state index contributed by atoms with van der Waals surface area (Å²) in [5.41, 5.74) is 0. The minimum absolute atomic E-state index is 0.114. The molecule has 1 N–H and O–H groups in total. The average Bonchev–Trinajstić information content (AvgIpc) is 2.22. The van der Waals surface area contributed by atoms with Crippen molar-refractivity contribution in [1.82, 2.24) is 4.90 Å². The van der Waals surface area contributed by atoms with Crippen molar-refractivity contribution in [2.45, 2.75) is 33.2 Å². The maximum Gasteiger partial charge on any atom is 0.329 e. The standard InChI is InChI=1S/C12H21NO4/c1-8-4-9(2)10(3)13(5-8)11(14)6-17-7-12(15)16/h8-10H,4-7H2,1-3H3,(H,15,16). The zero-order valence-corrected chi connectivity index (χ0v) is 10.7. The highest BCUT2D eigenvalue weighted by atomic mass is 16.5. The predicted octanol–water partition coefficient (Wildman–Crippen LogP) is 0.981. The lowest BCUT2D eigenvalue weighted by atomic mass is 9.86. The van der Waals surface area contributed by atoms with Gasteiger partial charge in [-0.3, -0.25) is 4.79 Å². The summed E-state index contributed by atoms with van der Waals surface area (Å²) in [6, 6.07) is 0.201. The van der Waals surface area contributed by atoms with Gasteiger partial charge in [-0.1, -0.05) is 13.8 Å². The van der Waals surface area contributed by atoms with Crippen LogP contribution < -0.4 is 0 Å². The quantitative estimate of drug-likeness (QED) is 0.799. The molecule has 1 heterocycles. The normalized spacial score (nSPS) is 29.1. The van der Waals surface area contributed by atoms with Crippen molar-refractivity contribution in [3.63, 3.8) is 0 Å². The molecule has 1 rings (SSSR count). The molecule has 0 aromatic heterocycles. The maximum atomic E-state index is 11.9. The van der Waals surface area contributed by atoms with Crippen molar-refractivity contribution in [3.05, 3.63) is 0 Å². The Morgan fingerprint density at radius 1 is 1.29 bits per heavy atom. The summed E-state index contributed by atoms with van der Waals surface area (Å²) in [6.45, 7) is 6.47. The van der Waals surface area contributed by atoms with Gasteiger partial charge in [0.1, 0.15) is 13.2 Å². The minimum Gasteiger partial charge on any atom is -0.480 e. The molecule has 0 aromatic rings. The van der Waals surface area contributed by atoms with Crippen LogP contribution in [0, 0.1) is 11.8 Å². The van der Waals surface area contributed by atoms with Crippen LogP contribution in [0.1, 0.15) is 27.2 Å². The molecule has 3 atom stereocenters.